The van der Waals surface area contributed by atoms with Crippen LogP contribution in [0.5, 0.6) is 11.5 Å². The highest BCUT2D eigenvalue weighted by Gasteiger charge is 2.37. The number of carbonyl (C=O) groups is 1. The number of carbonyl (C=O) groups excluding carboxylic acids is 1. The average molecular weight is 464 g/mol. The van der Waals surface area contributed by atoms with Crippen molar-refractivity contribution in [1.29, 1.82) is 0 Å². The Labute approximate surface area is 196 Å². The Bertz CT molecular complexity index is 1250. The number of anilines is 2. The lowest BCUT2D eigenvalue weighted by Gasteiger charge is -2.22. The standard InChI is InChI=1S/C25H22ClN3O4/c1-32-23-10-20-21(11-24(23)33-14-16-6-15(12-26)7-18(8-16)28-31)27-13-19-9-17-4-2-3-5-22(17)29(19)25(20)30/h2-8,10-11,19,27H,9,12-14H2,1H3. The zero-order valence-corrected chi connectivity index (χ0v) is 18.8. The van der Waals surface area contributed by atoms with Gasteiger partial charge in [0.25, 0.3) is 5.91 Å². The SMILES string of the molecule is COc1cc2c(cc1OCc1cc(CCl)cc(N=O)c1)NCC1Cc3ccccc3N1C2=O. The van der Waals surface area contributed by atoms with E-state index in [9.17, 15) is 9.70 Å². The van der Waals surface area contributed by atoms with Crippen LogP contribution in [-0.2, 0) is 18.9 Å². The largest absolute Gasteiger partial charge is 0.493 e. The van der Waals surface area contributed by atoms with Crippen LogP contribution in [0.1, 0.15) is 27.0 Å². The van der Waals surface area contributed by atoms with Crippen molar-refractivity contribution in [2.75, 3.05) is 23.9 Å². The molecule has 0 saturated heterocycles. The quantitative estimate of drug-likeness (QED) is 0.390. The summed E-state index contributed by atoms with van der Waals surface area (Å²) >= 11 is 5.92. The highest BCUT2D eigenvalue weighted by Crippen LogP contribution is 2.40. The number of benzene rings is 3. The number of methoxy groups -OCH3 is 1. The molecule has 2 aliphatic rings. The van der Waals surface area contributed by atoms with E-state index in [0.29, 0.717) is 35.0 Å². The van der Waals surface area contributed by atoms with Crippen molar-refractivity contribution in [3.8, 4) is 11.5 Å². The van der Waals surface area contributed by atoms with Crippen molar-refractivity contribution in [2.24, 2.45) is 5.18 Å². The van der Waals surface area contributed by atoms with Crippen LogP contribution in [0.25, 0.3) is 0 Å². The second-order valence-electron chi connectivity index (χ2n) is 8.11. The van der Waals surface area contributed by atoms with E-state index in [-0.39, 0.29) is 24.4 Å². The van der Waals surface area contributed by atoms with Gasteiger partial charge in [-0.2, -0.15) is 0 Å². The lowest BCUT2D eigenvalue weighted by molar-refractivity contribution is 0.0983. The number of fused-ring (bicyclic) bond motifs is 4. The molecule has 2 heterocycles. The fourth-order valence-corrected chi connectivity index (χ4v) is 4.68. The van der Waals surface area contributed by atoms with E-state index in [0.717, 1.165) is 23.2 Å². The molecule has 1 atom stereocenters. The third-order valence-electron chi connectivity index (χ3n) is 6.04. The summed E-state index contributed by atoms with van der Waals surface area (Å²) in [5, 5.41) is 6.42. The fourth-order valence-electron chi connectivity index (χ4n) is 4.53. The van der Waals surface area contributed by atoms with Crippen molar-refractivity contribution in [2.45, 2.75) is 24.9 Å². The molecule has 1 amide bonds. The van der Waals surface area contributed by atoms with Crippen molar-refractivity contribution >= 4 is 34.6 Å². The highest BCUT2D eigenvalue weighted by molar-refractivity contribution is 6.17. The number of alkyl halides is 1. The third-order valence-corrected chi connectivity index (χ3v) is 6.35. The molecule has 0 radical (unpaired) electrons. The molecule has 0 saturated carbocycles. The second-order valence-corrected chi connectivity index (χ2v) is 8.38. The van der Waals surface area contributed by atoms with Crippen LogP contribution in [0, 0.1) is 4.91 Å². The van der Waals surface area contributed by atoms with E-state index in [2.05, 4.69) is 16.6 Å². The number of hydrogen-bond donors (Lipinski definition) is 1. The van der Waals surface area contributed by atoms with Gasteiger partial charge in [0.05, 0.1) is 24.4 Å². The Morgan fingerprint density at radius 1 is 1.12 bits per heavy atom. The van der Waals surface area contributed by atoms with Gasteiger partial charge in [-0.05, 0) is 52.6 Å². The zero-order valence-electron chi connectivity index (χ0n) is 18.0. The number of ether oxygens (including phenoxy) is 2. The molecule has 2 aliphatic heterocycles. The first-order valence-corrected chi connectivity index (χ1v) is 11.2. The van der Waals surface area contributed by atoms with Crippen LogP contribution in [0.2, 0.25) is 0 Å². The van der Waals surface area contributed by atoms with Crippen LogP contribution < -0.4 is 19.7 Å². The minimum Gasteiger partial charge on any atom is -0.493 e. The molecule has 33 heavy (non-hydrogen) atoms. The number of amides is 1. The molecule has 7 nitrogen and oxygen atoms in total. The highest BCUT2D eigenvalue weighted by atomic mass is 35.5. The smallest absolute Gasteiger partial charge is 0.260 e. The van der Waals surface area contributed by atoms with Crippen LogP contribution in [0.4, 0.5) is 17.1 Å². The topological polar surface area (TPSA) is 80.2 Å². The molecule has 5 rings (SSSR count). The van der Waals surface area contributed by atoms with E-state index in [1.165, 1.54) is 5.56 Å². The molecule has 0 bridgehead atoms. The Morgan fingerprint density at radius 2 is 1.94 bits per heavy atom. The average Bonchev–Trinajstić information content (AvgIpc) is 3.17. The summed E-state index contributed by atoms with van der Waals surface area (Å²) in [6.07, 6.45) is 0.813. The minimum absolute atomic E-state index is 0.0465. The molecule has 0 aliphatic carbocycles. The molecule has 3 aromatic carbocycles. The summed E-state index contributed by atoms with van der Waals surface area (Å²) in [5.41, 5.74) is 5.23. The van der Waals surface area contributed by atoms with Gasteiger partial charge in [-0.1, -0.05) is 24.3 Å². The summed E-state index contributed by atoms with van der Waals surface area (Å²) in [6, 6.07) is 16.7. The lowest BCUT2D eigenvalue weighted by Crippen LogP contribution is -2.39. The molecule has 0 fully saturated rings. The molecular weight excluding hydrogens is 442 g/mol. The third kappa shape index (κ3) is 3.89. The van der Waals surface area contributed by atoms with Gasteiger partial charge in [-0.15, -0.1) is 16.5 Å². The summed E-state index contributed by atoms with van der Waals surface area (Å²) < 4.78 is 11.6. The second kappa shape index (κ2) is 8.75. The van der Waals surface area contributed by atoms with Gasteiger partial charge in [0.15, 0.2) is 11.5 Å². The summed E-state index contributed by atoms with van der Waals surface area (Å²) in [5.74, 6) is 1.16. The van der Waals surface area contributed by atoms with E-state index >= 15 is 0 Å². The van der Waals surface area contributed by atoms with Gasteiger partial charge in [0.2, 0.25) is 0 Å². The first kappa shape index (κ1) is 21.3. The minimum atomic E-state index is -0.0636. The molecule has 3 aromatic rings. The Balaban J connectivity index is 1.45. The van der Waals surface area contributed by atoms with Crippen molar-refractivity contribution in [1.82, 2.24) is 0 Å². The van der Waals surface area contributed by atoms with E-state index in [4.69, 9.17) is 21.1 Å². The molecule has 8 heteroatoms. The molecule has 168 valence electrons. The van der Waals surface area contributed by atoms with Crippen LogP contribution in [-0.4, -0.2) is 25.6 Å². The monoisotopic (exact) mass is 463 g/mol. The number of para-hydroxylation sites is 1. The van der Waals surface area contributed by atoms with Crippen molar-refractivity contribution in [3.05, 3.63) is 81.8 Å². The normalized spacial score (nSPS) is 16.2. The van der Waals surface area contributed by atoms with Crippen molar-refractivity contribution in [3.63, 3.8) is 0 Å². The van der Waals surface area contributed by atoms with Crippen molar-refractivity contribution < 1.29 is 14.3 Å². The number of rotatable bonds is 6. The maximum atomic E-state index is 13.5. The van der Waals surface area contributed by atoms with Gasteiger partial charge in [-0.3, -0.25) is 4.79 Å². The number of halogens is 1. The molecule has 0 aromatic heterocycles. The van der Waals surface area contributed by atoms with Gasteiger partial charge in [-0.25, -0.2) is 0 Å². The molecule has 1 unspecified atom stereocenters. The van der Waals surface area contributed by atoms with Crippen LogP contribution in [0.3, 0.4) is 0 Å². The van der Waals surface area contributed by atoms with E-state index in [1.807, 2.05) is 29.2 Å². The van der Waals surface area contributed by atoms with Gasteiger partial charge >= 0.3 is 0 Å². The fraction of sp³-hybridized carbons (Fsp3) is 0.240. The van der Waals surface area contributed by atoms with E-state index in [1.54, 1.807) is 31.4 Å². The predicted molar refractivity (Wildman–Crippen MR) is 128 cm³/mol. The lowest BCUT2D eigenvalue weighted by atomic mass is 10.1. The van der Waals surface area contributed by atoms with Crippen LogP contribution >= 0.6 is 11.6 Å². The first-order chi connectivity index (χ1) is 16.1. The maximum Gasteiger partial charge on any atom is 0.260 e. The predicted octanol–water partition coefficient (Wildman–Crippen LogP) is 5.41. The first-order valence-electron chi connectivity index (χ1n) is 10.6. The van der Waals surface area contributed by atoms with Gasteiger partial charge < -0.3 is 19.7 Å². The summed E-state index contributed by atoms with van der Waals surface area (Å²) in [7, 11) is 1.54. The zero-order chi connectivity index (χ0) is 22.9. The molecule has 0 spiro atoms. The molecular formula is C25H22ClN3O4. The number of hydrogen-bond acceptors (Lipinski definition) is 6. The Kier molecular flexibility index (Phi) is 5.64. The van der Waals surface area contributed by atoms with Gasteiger partial charge in [0.1, 0.15) is 12.3 Å². The summed E-state index contributed by atoms with van der Waals surface area (Å²) in [4.78, 5) is 26.4. The van der Waals surface area contributed by atoms with E-state index < -0.39 is 0 Å². The van der Waals surface area contributed by atoms with Crippen LogP contribution in [0.15, 0.2) is 59.8 Å². The molecule has 1 N–H and O–H groups in total. The Morgan fingerprint density at radius 3 is 2.73 bits per heavy atom. The number of nitrogens with zero attached hydrogens (tertiary/aromatic N) is 2. The number of nitrogens with one attached hydrogen (secondary N) is 1. The summed E-state index contributed by atoms with van der Waals surface area (Å²) in [6.45, 7) is 0.823. The number of nitroso groups, excluding NO2 is 1. The maximum absolute atomic E-state index is 13.5. The van der Waals surface area contributed by atoms with Gasteiger partial charge in [0, 0.05) is 24.2 Å². The Hall–Kier alpha value is -3.58.